The predicted octanol–water partition coefficient (Wildman–Crippen LogP) is 13.0. The molecule has 2 aliphatic carbocycles. The number of hydrogen-bond donors (Lipinski definition) is 0. The molecule has 0 unspecified atom stereocenters. The van der Waals surface area contributed by atoms with Gasteiger partial charge in [0.2, 0.25) is 0 Å². The van der Waals surface area contributed by atoms with Crippen LogP contribution in [-0.2, 0) is 30.8 Å². The Balaban J connectivity index is 0.000000178. The van der Waals surface area contributed by atoms with Crippen molar-refractivity contribution >= 4 is 17.9 Å². The fourth-order valence-electron chi connectivity index (χ4n) is 9.29. The lowest BCUT2D eigenvalue weighted by Gasteiger charge is -2.53. The van der Waals surface area contributed by atoms with E-state index in [0.29, 0.717) is 48.0 Å². The minimum Gasteiger partial charge on any atom is -0.485 e. The van der Waals surface area contributed by atoms with E-state index in [1.165, 1.54) is 24.3 Å². The van der Waals surface area contributed by atoms with Crippen LogP contribution >= 0.6 is 0 Å². The summed E-state index contributed by atoms with van der Waals surface area (Å²) in [6, 6.07) is 38.5. The van der Waals surface area contributed by atoms with Gasteiger partial charge >= 0.3 is 0 Å². The van der Waals surface area contributed by atoms with Crippen LogP contribution in [0.1, 0.15) is 71.9 Å². The number of halogens is 4. The van der Waals surface area contributed by atoms with Gasteiger partial charge in [0.05, 0.1) is 0 Å². The van der Waals surface area contributed by atoms with Crippen molar-refractivity contribution in [3.05, 3.63) is 201 Å². The molecule has 9 heteroatoms. The third-order valence-corrected chi connectivity index (χ3v) is 12.4. The lowest BCUT2D eigenvalue weighted by molar-refractivity contribution is -0.228. The number of ketones is 1. The van der Waals surface area contributed by atoms with E-state index in [-0.39, 0.29) is 65.5 Å². The molecular weight excluding hydrogens is 805 g/mol. The second kappa shape index (κ2) is 18.4. The predicted molar refractivity (Wildman–Crippen MR) is 234 cm³/mol. The van der Waals surface area contributed by atoms with E-state index in [0.717, 1.165) is 47.9 Å². The zero-order valence-electron chi connectivity index (χ0n) is 34.6. The summed E-state index contributed by atoms with van der Waals surface area (Å²) in [5, 5.41) is 0. The Morgan fingerprint density at radius 1 is 0.524 bits per heavy atom. The minimum atomic E-state index is -0.942. The van der Waals surface area contributed by atoms with Gasteiger partial charge < -0.3 is 18.9 Å². The van der Waals surface area contributed by atoms with Crippen LogP contribution in [0, 0.1) is 35.1 Å². The second-order valence-corrected chi connectivity index (χ2v) is 16.5. The number of hydrogen-bond acceptors (Lipinski definition) is 5. The Morgan fingerprint density at radius 3 is 1.41 bits per heavy atom. The van der Waals surface area contributed by atoms with Crippen LogP contribution < -0.4 is 18.9 Å². The molecule has 0 bridgehead atoms. The highest BCUT2D eigenvalue weighted by Crippen LogP contribution is 2.53. The number of carbonyl (C=O) groups excluding carboxylic acids is 1. The molecule has 0 amide bonds. The van der Waals surface area contributed by atoms with Gasteiger partial charge in [0.15, 0.2) is 52.1 Å². The molecule has 5 nitrogen and oxygen atoms in total. The van der Waals surface area contributed by atoms with E-state index in [2.05, 4.69) is 0 Å². The van der Waals surface area contributed by atoms with Crippen molar-refractivity contribution in [3.63, 3.8) is 0 Å². The molecule has 2 saturated carbocycles. The van der Waals surface area contributed by atoms with Crippen molar-refractivity contribution in [2.45, 2.75) is 70.4 Å². The molecule has 0 radical (unpaired) electrons. The largest absolute Gasteiger partial charge is 0.485 e. The Hall–Kier alpha value is -6.61. The van der Waals surface area contributed by atoms with Gasteiger partial charge in [0.1, 0.15) is 13.2 Å². The van der Waals surface area contributed by atoms with E-state index >= 15 is 0 Å². The lowest BCUT2D eigenvalue weighted by atomic mass is 9.68. The van der Waals surface area contributed by atoms with Crippen LogP contribution in [0.2, 0.25) is 0 Å². The van der Waals surface area contributed by atoms with Crippen molar-refractivity contribution < 1.29 is 41.3 Å². The average Bonchev–Trinajstić information content (AvgIpc) is 3.29. The second-order valence-electron chi connectivity index (χ2n) is 16.5. The normalized spacial score (nSPS) is 21.0. The van der Waals surface area contributed by atoms with Gasteiger partial charge in [0.25, 0.3) is 5.79 Å². The van der Waals surface area contributed by atoms with Crippen molar-refractivity contribution in [3.8, 4) is 23.0 Å². The summed E-state index contributed by atoms with van der Waals surface area (Å²) in [7, 11) is 0. The number of ether oxygens (including phenoxy) is 4. The monoisotopic (exact) mass is 850 g/mol. The fraction of sp³-hybridized carbons (Fsp3) is 0.241. The number of carbonyl (C=O) groups is 1. The van der Waals surface area contributed by atoms with Gasteiger partial charge in [-0.3, -0.25) is 4.79 Å². The molecule has 10 rings (SSSR count). The minimum absolute atomic E-state index is 0.111. The van der Waals surface area contributed by atoms with Gasteiger partial charge in [0, 0.05) is 34.1 Å². The first kappa shape index (κ1) is 41.7. The molecular formula is C54H46F4O5. The summed E-state index contributed by atoms with van der Waals surface area (Å²) in [6.07, 6.45) is 9.71. The molecule has 320 valence electrons. The van der Waals surface area contributed by atoms with Gasteiger partial charge in [-0.1, -0.05) is 116 Å². The Kier molecular flexibility index (Phi) is 12.2. The number of Topliss-reactive ketones (excluding diaryl/α,β-unsaturated/α-hetero) is 1. The highest BCUT2D eigenvalue weighted by atomic mass is 19.1. The molecule has 63 heavy (non-hydrogen) atoms. The quantitative estimate of drug-likeness (QED) is 0.113. The molecule has 0 N–H and O–H groups in total. The first-order valence-corrected chi connectivity index (χ1v) is 21.5. The van der Waals surface area contributed by atoms with E-state index < -0.39 is 17.4 Å². The van der Waals surface area contributed by atoms with Gasteiger partial charge in [-0.15, -0.1) is 0 Å². The molecule has 6 aromatic carbocycles. The van der Waals surface area contributed by atoms with Crippen LogP contribution in [0.25, 0.3) is 12.2 Å². The number of rotatable bonds is 8. The molecule has 2 aliphatic heterocycles. The maximum Gasteiger partial charge on any atom is 0.257 e. The Bertz CT molecular complexity index is 2500. The summed E-state index contributed by atoms with van der Waals surface area (Å²) >= 11 is 0. The van der Waals surface area contributed by atoms with Crippen molar-refractivity contribution in [1.82, 2.24) is 0 Å². The third-order valence-electron chi connectivity index (χ3n) is 12.4. The molecule has 4 aliphatic rings. The number of allylic oxidation sites excluding steroid dienone is 2. The highest BCUT2D eigenvalue weighted by molar-refractivity contribution is 6.14. The smallest absolute Gasteiger partial charge is 0.257 e. The molecule has 2 heterocycles. The van der Waals surface area contributed by atoms with Crippen molar-refractivity contribution in [1.29, 1.82) is 0 Å². The van der Waals surface area contributed by atoms with E-state index in [1.54, 1.807) is 48.6 Å². The average molecular weight is 851 g/mol. The van der Waals surface area contributed by atoms with Gasteiger partial charge in [-0.25, -0.2) is 17.6 Å². The molecule has 0 aromatic heterocycles. The van der Waals surface area contributed by atoms with Crippen LogP contribution in [0.5, 0.6) is 23.0 Å². The fourth-order valence-corrected chi connectivity index (χ4v) is 9.29. The SMILES string of the molecule is Fc1cccc2c1OC13Oc4c(F)cccc4C[C@H]1CCC[C@@H]3C2.O=C1/C(=C/c2cccc(F)c2OCc2ccccc2)CCC/C1=C\c1cccc(F)c1OCc1ccccc1. The van der Waals surface area contributed by atoms with E-state index in [4.69, 9.17) is 18.9 Å². The molecule has 2 fully saturated rings. The molecule has 0 saturated heterocycles. The topological polar surface area (TPSA) is 54.0 Å². The van der Waals surface area contributed by atoms with Gasteiger partial charge in [-0.2, -0.15) is 0 Å². The Labute approximate surface area is 364 Å². The molecule has 2 atom stereocenters. The third kappa shape index (κ3) is 8.87. The number of fused-ring (bicyclic) bond motifs is 2. The molecule has 6 aromatic rings. The summed E-state index contributed by atoms with van der Waals surface area (Å²) in [5.74, 6) is -1.77. The lowest BCUT2D eigenvalue weighted by Crippen LogP contribution is -2.61. The van der Waals surface area contributed by atoms with Gasteiger partial charge in [-0.05, 0) is 104 Å². The first-order valence-electron chi connectivity index (χ1n) is 21.5. The standard InChI is InChI=1S/C34H28F2O3.C20H18F2O2/c35-30-18-8-16-28(33(30)38-22-24-10-3-1-4-11-24)20-26-14-7-15-27(32(26)37)21-29-17-9-19-31(36)34(29)39-23-25-12-5-2-6-13-25;21-16-8-1-4-12-10-14-6-3-7-15-11-13-5-2-9-17(22)19(13)24-20(14,15)23-18(12)16/h1-6,8-13,16-21H,7,14-15,22-23H2;1-2,4-5,8-9,14-15H,3,6-7,10-11H2/b26-20+,27-21+;/t;14-,15-,20?/m.1/s1. The maximum absolute atomic E-state index is 14.7. The van der Waals surface area contributed by atoms with Crippen LogP contribution in [0.4, 0.5) is 17.6 Å². The zero-order chi connectivity index (χ0) is 43.3. The summed E-state index contributed by atoms with van der Waals surface area (Å²) in [4.78, 5) is 13.5. The molecule has 1 spiro atoms. The maximum atomic E-state index is 14.7. The van der Waals surface area contributed by atoms with Crippen LogP contribution in [-0.4, -0.2) is 11.6 Å². The number of benzene rings is 6. The Morgan fingerprint density at radius 2 is 0.952 bits per heavy atom. The summed E-state index contributed by atoms with van der Waals surface area (Å²) in [5.41, 5.74) is 5.73. The number of para-hydroxylation sites is 4. The van der Waals surface area contributed by atoms with E-state index in [9.17, 15) is 22.4 Å². The van der Waals surface area contributed by atoms with Crippen LogP contribution in [0.15, 0.2) is 145 Å². The van der Waals surface area contributed by atoms with Crippen LogP contribution in [0.3, 0.4) is 0 Å². The van der Waals surface area contributed by atoms with E-state index in [1.807, 2.05) is 72.8 Å². The summed E-state index contributed by atoms with van der Waals surface area (Å²) in [6.45, 7) is 0.421. The first-order chi connectivity index (χ1) is 30.8. The van der Waals surface area contributed by atoms with Crippen molar-refractivity contribution in [2.75, 3.05) is 0 Å². The van der Waals surface area contributed by atoms with Crippen molar-refractivity contribution in [2.24, 2.45) is 11.8 Å². The summed E-state index contributed by atoms with van der Waals surface area (Å²) < 4.78 is 82.2. The zero-order valence-corrected chi connectivity index (χ0v) is 34.6. The highest BCUT2D eigenvalue weighted by Gasteiger charge is 2.57.